The van der Waals surface area contributed by atoms with Gasteiger partial charge in [0.1, 0.15) is 0 Å². The molecule has 2 fully saturated rings. The van der Waals surface area contributed by atoms with Crippen molar-refractivity contribution < 1.29 is 17.7 Å². The first-order chi connectivity index (χ1) is 15.0. The quantitative estimate of drug-likeness (QED) is 0.582. The van der Waals surface area contributed by atoms with Gasteiger partial charge in [-0.1, -0.05) is 11.6 Å². The van der Waals surface area contributed by atoms with Crippen LogP contribution in [-0.2, 0) is 10.0 Å². The van der Waals surface area contributed by atoms with Crippen molar-refractivity contribution in [1.29, 1.82) is 0 Å². The van der Waals surface area contributed by atoms with Crippen LogP contribution >= 0.6 is 11.3 Å². The molecule has 2 aliphatic rings. The Labute approximate surface area is 184 Å². The second-order valence-corrected chi connectivity index (χ2v) is 10.6. The third-order valence-corrected chi connectivity index (χ3v) is 8.39. The van der Waals surface area contributed by atoms with Crippen molar-refractivity contribution in [3.05, 3.63) is 52.5 Å². The molecule has 1 amide bonds. The van der Waals surface area contributed by atoms with Crippen molar-refractivity contribution in [2.45, 2.75) is 30.1 Å². The monoisotopic (exact) mass is 458 g/mol. The van der Waals surface area contributed by atoms with Gasteiger partial charge >= 0.3 is 0 Å². The standard InChI is InChI=1S/C21H22N4O4S2/c26-21(15-4-6-18(7-5-15)31(27,28)25-9-2-1-3-10-25)24-12-17(13-24)20-22-19(23-29-20)16-8-11-30-14-16/h4-8,11,14,17H,1-3,9-10,12-13H2. The molecule has 1 aromatic carbocycles. The molecule has 4 heterocycles. The molecular formula is C21H22N4O4S2. The van der Waals surface area contributed by atoms with Crippen molar-refractivity contribution >= 4 is 27.3 Å². The van der Waals surface area contributed by atoms with Gasteiger partial charge in [0.15, 0.2) is 0 Å². The van der Waals surface area contributed by atoms with E-state index in [0.29, 0.717) is 43.5 Å². The van der Waals surface area contributed by atoms with Gasteiger partial charge in [0.2, 0.25) is 21.7 Å². The number of sulfonamides is 1. The Bertz CT molecular complexity index is 1160. The van der Waals surface area contributed by atoms with Crippen LogP contribution in [0.1, 0.15) is 41.4 Å². The first-order valence-electron chi connectivity index (χ1n) is 10.3. The smallest absolute Gasteiger partial charge is 0.253 e. The maximum Gasteiger partial charge on any atom is 0.253 e. The van der Waals surface area contributed by atoms with E-state index in [4.69, 9.17) is 4.52 Å². The van der Waals surface area contributed by atoms with Gasteiger partial charge in [0.05, 0.1) is 10.8 Å². The van der Waals surface area contributed by atoms with E-state index in [2.05, 4.69) is 10.1 Å². The van der Waals surface area contributed by atoms with E-state index in [9.17, 15) is 13.2 Å². The van der Waals surface area contributed by atoms with Gasteiger partial charge in [-0.05, 0) is 48.6 Å². The molecule has 0 bridgehead atoms. The van der Waals surface area contributed by atoms with Gasteiger partial charge in [0.25, 0.3) is 5.91 Å². The third kappa shape index (κ3) is 3.90. The lowest BCUT2D eigenvalue weighted by Gasteiger charge is -2.37. The van der Waals surface area contributed by atoms with E-state index in [-0.39, 0.29) is 16.7 Å². The number of likely N-dealkylation sites (tertiary alicyclic amines) is 1. The number of hydrogen-bond donors (Lipinski definition) is 0. The largest absolute Gasteiger partial charge is 0.339 e. The minimum absolute atomic E-state index is 0.0163. The number of thiophene rings is 1. The Morgan fingerprint density at radius 1 is 1.06 bits per heavy atom. The summed E-state index contributed by atoms with van der Waals surface area (Å²) in [6.07, 6.45) is 2.84. The van der Waals surface area contributed by atoms with E-state index in [1.165, 1.54) is 16.4 Å². The Balaban J connectivity index is 1.22. The molecule has 0 spiro atoms. The van der Waals surface area contributed by atoms with Crippen LogP contribution in [0.15, 0.2) is 50.5 Å². The highest BCUT2D eigenvalue weighted by Gasteiger charge is 2.36. The Hall–Kier alpha value is -2.56. The topological polar surface area (TPSA) is 96.6 Å². The normalized spacial score (nSPS) is 18.1. The highest BCUT2D eigenvalue weighted by atomic mass is 32.2. The second-order valence-electron chi connectivity index (χ2n) is 7.86. The van der Waals surface area contributed by atoms with Crippen LogP contribution in [-0.4, -0.2) is 59.8 Å². The summed E-state index contributed by atoms with van der Waals surface area (Å²) in [6, 6.07) is 8.17. The minimum Gasteiger partial charge on any atom is -0.339 e. The molecule has 10 heteroatoms. The summed E-state index contributed by atoms with van der Waals surface area (Å²) in [6.45, 7) is 2.11. The summed E-state index contributed by atoms with van der Waals surface area (Å²) in [7, 11) is -3.50. The molecular weight excluding hydrogens is 436 g/mol. The molecule has 8 nitrogen and oxygen atoms in total. The van der Waals surface area contributed by atoms with E-state index in [0.717, 1.165) is 24.8 Å². The molecule has 31 heavy (non-hydrogen) atoms. The van der Waals surface area contributed by atoms with Crippen molar-refractivity contribution in [2.24, 2.45) is 0 Å². The highest BCUT2D eigenvalue weighted by Crippen LogP contribution is 2.29. The van der Waals surface area contributed by atoms with E-state index < -0.39 is 10.0 Å². The first kappa shape index (κ1) is 20.3. The second kappa shape index (κ2) is 8.18. The zero-order valence-corrected chi connectivity index (χ0v) is 18.4. The molecule has 0 unspecified atom stereocenters. The average Bonchev–Trinajstić information content (AvgIpc) is 3.45. The van der Waals surface area contributed by atoms with Crippen LogP contribution < -0.4 is 0 Å². The SMILES string of the molecule is O=C(c1ccc(S(=O)(=O)N2CCCCC2)cc1)N1CC(c2nc(-c3ccsc3)no2)C1. The van der Waals surface area contributed by atoms with Crippen LogP contribution in [0, 0.1) is 0 Å². The molecule has 2 aromatic heterocycles. The Morgan fingerprint density at radius 2 is 1.81 bits per heavy atom. The number of piperidine rings is 1. The van der Waals surface area contributed by atoms with Crippen molar-refractivity contribution in [1.82, 2.24) is 19.3 Å². The van der Waals surface area contributed by atoms with Gasteiger partial charge in [-0.2, -0.15) is 20.6 Å². The van der Waals surface area contributed by atoms with Crippen molar-refractivity contribution in [3.8, 4) is 11.4 Å². The highest BCUT2D eigenvalue weighted by molar-refractivity contribution is 7.89. The summed E-state index contributed by atoms with van der Waals surface area (Å²) in [5.74, 6) is 0.984. The van der Waals surface area contributed by atoms with Crippen LogP contribution in [0.5, 0.6) is 0 Å². The number of nitrogens with zero attached hydrogens (tertiary/aromatic N) is 4. The molecule has 0 aliphatic carbocycles. The minimum atomic E-state index is -3.50. The maximum absolute atomic E-state index is 12.8. The zero-order valence-electron chi connectivity index (χ0n) is 16.8. The molecule has 0 saturated carbocycles. The molecule has 3 aromatic rings. The van der Waals surface area contributed by atoms with Crippen molar-refractivity contribution in [3.63, 3.8) is 0 Å². The lowest BCUT2D eigenvalue weighted by atomic mass is 9.99. The molecule has 0 N–H and O–H groups in total. The maximum atomic E-state index is 12.8. The molecule has 0 atom stereocenters. The number of amides is 1. The van der Waals surface area contributed by atoms with Crippen LogP contribution in [0.2, 0.25) is 0 Å². The summed E-state index contributed by atoms with van der Waals surface area (Å²) >= 11 is 1.57. The molecule has 2 saturated heterocycles. The molecule has 5 rings (SSSR count). The van der Waals surface area contributed by atoms with Gasteiger partial charge in [-0.15, -0.1) is 0 Å². The van der Waals surface area contributed by atoms with Crippen LogP contribution in [0.25, 0.3) is 11.4 Å². The number of aromatic nitrogens is 2. The van der Waals surface area contributed by atoms with Crippen molar-refractivity contribution in [2.75, 3.05) is 26.2 Å². The first-order valence-corrected chi connectivity index (χ1v) is 12.7. The lowest BCUT2D eigenvalue weighted by Crippen LogP contribution is -2.48. The van der Waals surface area contributed by atoms with E-state index in [1.807, 2.05) is 16.8 Å². The summed E-state index contributed by atoms with van der Waals surface area (Å²) < 4.78 is 32.4. The lowest BCUT2D eigenvalue weighted by molar-refractivity contribution is 0.0569. The fraction of sp³-hybridized carbons (Fsp3) is 0.381. The predicted octanol–water partition coefficient (Wildman–Crippen LogP) is 3.21. The average molecular weight is 459 g/mol. The summed E-state index contributed by atoms with van der Waals surface area (Å²) in [5.41, 5.74) is 1.40. The third-order valence-electron chi connectivity index (χ3n) is 5.79. The van der Waals surface area contributed by atoms with Gasteiger partial charge in [-0.3, -0.25) is 4.79 Å². The van der Waals surface area contributed by atoms with Gasteiger partial charge in [-0.25, -0.2) is 8.42 Å². The number of carbonyl (C=O) groups is 1. The number of hydrogen-bond acceptors (Lipinski definition) is 7. The van der Waals surface area contributed by atoms with Crippen LogP contribution in [0.4, 0.5) is 0 Å². The fourth-order valence-electron chi connectivity index (χ4n) is 3.92. The molecule has 0 radical (unpaired) electrons. The zero-order chi connectivity index (χ0) is 21.4. The molecule has 162 valence electrons. The predicted molar refractivity (Wildman–Crippen MR) is 115 cm³/mol. The van der Waals surface area contributed by atoms with Gasteiger partial charge < -0.3 is 9.42 Å². The van der Waals surface area contributed by atoms with Gasteiger partial charge in [0, 0.05) is 42.7 Å². The summed E-state index contributed by atoms with van der Waals surface area (Å²) in [4.78, 5) is 19.1. The Kier molecular flexibility index (Phi) is 5.37. The number of carbonyl (C=O) groups excluding carboxylic acids is 1. The van der Waals surface area contributed by atoms with E-state index in [1.54, 1.807) is 28.4 Å². The number of rotatable bonds is 5. The summed E-state index contributed by atoms with van der Waals surface area (Å²) in [5, 5.41) is 7.93. The fourth-order valence-corrected chi connectivity index (χ4v) is 6.07. The van der Waals surface area contributed by atoms with Crippen LogP contribution in [0.3, 0.4) is 0 Å². The number of benzene rings is 1. The Morgan fingerprint density at radius 3 is 2.48 bits per heavy atom. The van der Waals surface area contributed by atoms with E-state index >= 15 is 0 Å². The molecule has 2 aliphatic heterocycles.